The van der Waals surface area contributed by atoms with Crippen LogP contribution in [0, 0.1) is 0 Å². The van der Waals surface area contributed by atoms with Crippen LogP contribution >= 0.6 is 12.4 Å². The number of methoxy groups -OCH3 is 2. The average molecular weight is 317 g/mol. The van der Waals surface area contributed by atoms with Crippen LogP contribution in [0.1, 0.15) is 18.4 Å². The highest BCUT2D eigenvalue weighted by Crippen LogP contribution is 2.28. The molecule has 1 aromatic rings. The van der Waals surface area contributed by atoms with Gasteiger partial charge in [-0.3, -0.25) is 4.90 Å². The van der Waals surface area contributed by atoms with Crippen molar-refractivity contribution in [2.24, 2.45) is 5.73 Å². The van der Waals surface area contributed by atoms with E-state index in [0.717, 1.165) is 31.5 Å². The second-order valence-electron chi connectivity index (χ2n) is 5.25. The zero-order valence-electron chi connectivity index (χ0n) is 12.6. The van der Waals surface area contributed by atoms with Crippen molar-refractivity contribution in [1.82, 2.24) is 4.90 Å². The van der Waals surface area contributed by atoms with Crippen molar-refractivity contribution in [1.29, 1.82) is 0 Å². The highest BCUT2D eigenvalue weighted by molar-refractivity contribution is 5.85. The molecule has 0 aromatic heterocycles. The van der Waals surface area contributed by atoms with Gasteiger partial charge in [-0.15, -0.1) is 12.4 Å². The molecule has 120 valence electrons. The number of benzene rings is 1. The summed E-state index contributed by atoms with van der Waals surface area (Å²) in [5, 5.41) is 9.84. The largest absolute Gasteiger partial charge is 0.504 e. The number of halogens is 1. The number of phenolic OH excluding ortho intramolecular Hbond substituents is 1. The summed E-state index contributed by atoms with van der Waals surface area (Å²) in [6.07, 6.45) is 2.30. The van der Waals surface area contributed by atoms with Gasteiger partial charge in [0.15, 0.2) is 11.5 Å². The van der Waals surface area contributed by atoms with E-state index >= 15 is 0 Å². The monoisotopic (exact) mass is 316 g/mol. The van der Waals surface area contributed by atoms with Crippen LogP contribution < -0.4 is 10.5 Å². The molecule has 2 atom stereocenters. The van der Waals surface area contributed by atoms with Gasteiger partial charge in [-0.05, 0) is 30.5 Å². The highest BCUT2D eigenvalue weighted by Gasteiger charge is 2.27. The summed E-state index contributed by atoms with van der Waals surface area (Å²) in [5.74, 6) is 0.684. The van der Waals surface area contributed by atoms with Crippen molar-refractivity contribution in [2.45, 2.75) is 31.5 Å². The molecule has 0 saturated carbocycles. The van der Waals surface area contributed by atoms with E-state index in [9.17, 15) is 5.11 Å². The maximum atomic E-state index is 9.84. The molecule has 2 unspecified atom stereocenters. The Hall–Kier alpha value is -1.01. The molecule has 0 radical (unpaired) electrons. The maximum Gasteiger partial charge on any atom is 0.160 e. The fourth-order valence-corrected chi connectivity index (χ4v) is 2.80. The van der Waals surface area contributed by atoms with Gasteiger partial charge in [-0.25, -0.2) is 0 Å². The smallest absolute Gasteiger partial charge is 0.160 e. The van der Waals surface area contributed by atoms with E-state index in [-0.39, 0.29) is 18.2 Å². The highest BCUT2D eigenvalue weighted by atomic mass is 35.5. The van der Waals surface area contributed by atoms with Gasteiger partial charge in [-0.1, -0.05) is 6.07 Å². The molecule has 0 amide bonds. The number of aromatic hydroxyl groups is 1. The first-order valence-corrected chi connectivity index (χ1v) is 7.00. The Morgan fingerprint density at radius 3 is 2.71 bits per heavy atom. The zero-order chi connectivity index (χ0) is 14.5. The normalized spacial score (nSPS) is 22.6. The predicted molar refractivity (Wildman–Crippen MR) is 85.2 cm³/mol. The third-order valence-electron chi connectivity index (χ3n) is 4.02. The molecule has 2 rings (SSSR count). The topological polar surface area (TPSA) is 68.0 Å². The molecule has 21 heavy (non-hydrogen) atoms. The molecule has 1 aliphatic rings. The molecule has 3 N–H and O–H groups in total. The molecule has 0 spiro atoms. The van der Waals surface area contributed by atoms with Crippen molar-refractivity contribution < 1.29 is 14.6 Å². The minimum Gasteiger partial charge on any atom is -0.504 e. The number of likely N-dealkylation sites (tertiary alicyclic amines) is 1. The fraction of sp³-hybridized carbons (Fsp3) is 0.600. The average Bonchev–Trinajstić information content (AvgIpc) is 2.48. The molecule has 5 nitrogen and oxygen atoms in total. The number of nitrogens with two attached hydrogens (primary N) is 1. The summed E-state index contributed by atoms with van der Waals surface area (Å²) in [7, 11) is 3.31. The summed E-state index contributed by atoms with van der Waals surface area (Å²) >= 11 is 0. The van der Waals surface area contributed by atoms with Gasteiger partial charge in [0.25, 0.3) is 0 Å². The molecule has 0 aliphatic carbocycles. The summed E-state index contributed by atoms with van der Waals surface area (Å²) in [6, 6.07) is 5.87. The van der Waals surface area contributed by atoms with Crippen molar-refractivity contribution >= 4 is 12.4 Å². The van der Waals surface area contributed by atoms with E-state index in [4.69, 9.17) is 15.2 Å². The lowest BCUT2D eigenvalue weighted by Crippen LogP contribution is -2.47. The lowest BCUT2D eigenvalue weighted by molar-refractivity contribution is 0.0102. The predicted octanol–water partition coefficient (Wildman–Crippen LogP) is 1.76. The van der Waals surface area contributed by atoms with Crippen LogP contribution in [-0.4, -0.2) is 49.5 Å². The second kappa shape index (κ2) is 8.44. The SMILES string of the molecule is COc1ccc(CN2CCC(OC)CC2CN)cc1O.Cl. The molecular formula is C15H25ClN2O3. The van der Waals surface area contributed by atoms with Gasteiger partial charge >= 0.3 is 0 Å². The van der Waals surface area contributed by atoms with E-state index in [0.29, 0.717) is 24.4 Å². The Balaban J connectivity index is 0.00000220. The van der Waals surface area contributed by atoms with Crippen LogP contribution in [0.2, 0.25) is 0 Å². The van der Waals surface area contributed by atoms with Gasteiger partial charge in [0.2, 0.25) is 0 Å². The molecule has 1 heterocycles. The molecule has 6 heteroatoms. The lowest BCUT2D eigenvalue weighted by atomic mass is 9.98. The van der Waals surface area contributed by atoms with Crippen LogP contribution in [0.25, 0.3) is 0 Å². The summed E-state index contributed by atoms with van der Waals surface area (Å²) in [5.41, 5.74) is 6.94. The number of hydrogen-bond acceptors (Lipinski definition) is 5. The van der Waals surface area contributed by atoms with Gasteiger partial charge in [0.05, 0.1) is 13.2 Å². The zero-order valence-corrected chi connectivity index (χ0v) is 13.4. The van der Waals surface area contributed by atoms with Gasteiger partial charge < -0.3 is 20.3 Å². The molecule has 1 aromatic carbocycles. The molecule has 1 aliphatic heterocycles. The van der Waals surface area contributed by atoms with Crippen LogP contribution in [0.3, 0.4) is 0 Å². The number of piperidine rings is 1. The van der Waals surface area contributed by atoms with E-state index < -0.39 is 0 Å². The van der Waals surface area contributed by atoms with Crippen molar-refractivity contribution in [3.63, 3.8) is 0 Å². The van der Waals surface area contributed by atoms with Crippen LogP contribution in [0.4, 0.5) is 0 Å². The van der Waals surface area contributed by atoms with E-state index in [1.807, 2.05) is 6.07 Å². The lowest BCUT2D eigenvalue weighted by Gasteiger charge is -2.38. The van der Waals surface area contributed by atoms with Crippen LogP contribution in [0.15, 0.2) is 18.2 Å². The number of ether oxygens (including phenoxy) is 2. The van der Waals surface area contributed by atoms with E-state index in [1.54, 1.807) is 26.4 Å². The summed E-state index contributed by atoms with van der Waals surface area (Å²) in [4.78, 5) is 2.36. The quantitative estimate of drug-likeness (QED) is 0.866. The number of hydrogen-bond donors (Lipinski definition) is 2. The van der Waals surface area contributed by atoms with Crippen molar-refractivity contribution in [3.05, 3.63) is 23.8 Å². The Bertz CT molecular complexity index is 445. The van der Waals surface area contributed by atoms with E-state index in [2.05, 4.69) is 4.90 Å². The van der Waals surface area contributed by atoms with Crippen LogP contribution in [0.5, 0.6) is 11.5 Å². The van der Waals surface area contributed by atoms with Crippen molar-refractivity contribution in [3.8, 4) is 11.5 Å². The second-order valence-corrected chi connectivity index (χ2v) is 5.25. The standard InChI is InChI=1S/C15H24N2O3.ClH/c1-19-13-5-6-17(12(8-13)9-16)10-11-3-4-15(20-2)14(18)7-11;/h3-4,7,12-13,18H,5-6,8-10,16H2,1-2H3;1H. The van der Waals surface area contributed by atoms with E-state index in [1.165, 1.54) is 0 Å². The minimum absolute atomic E-state index is 0. The minimum atomic E-state index is 0. The number of rotatable bonds is 5. The maximum absolute atomic E-state index is 9.84. The fourth-order valence-electron chi connectivity index (χ4n) is 2.80. The Kier molecular flexibility index (Phi) is 7.25. The molecule has 0 bridgehead atoms. The summed E-state index contributed by atoms with van der Waals surface area (Å²) in [6.45, 7) is 2.38. The third-order valence-corrected chi connectivity index (χ3v) is 4.02. The Morgan fingerprint density at radius 2 is 2.14 bits per heavy atom. The van der Waals surface area contributed by atoms with Crippen molar-refractivity contribution in [2.75, 3.05) is 27.3 Å². The molecule has 1 saturated heterocycles. The van der Waals surface area contributed by atoms with Gasteiger partial charge in [-0.2, -0.15) is 0 Å². The number of phenols is 1. The number of nitrogens with zero attached hydrogens (tertiary/aromatic N) is 1. The molecular weight excluding hydrogens is 292 g/mol. The molecule has 1 fully saturated rings. The van der Waals surface area contributed by atoms with Gasteiger partial charge in [0, 0.05) is 32.8 Å². The van der Waals surface area contributed by atoms with Gasteiger partial charge in [0.1, 0.15) is 0 Å². The first-order valence-electron chi connectivity index (χ1n) is 7.00. The summed E-state index contributed by atoms with van der Waals surface area (Å²) < 4.78 is 10.5. The Morgan fingerprint density at radius 1 is 1.38 bits per heavy atom. The third kappa shape index (κ3) is 4.48. The first-order chi connectivity index (χ1) is 9.67. The van der Waals surface area contributed by atoms with Crippen LogP contribution in [-0.2, 0) is 11.3 Å². The Labute approximate surface area is 132 Å². The first kappa shape index (κ1) is 18.0.